The molecule has 0 bridgehead atoms. The van der Waals surface area contributed by atoms with Crippen LogP contribution in [0, 0.1) is 5.82 Å². The second kappa shape index (κ2) is 6.09. The summed E-state index contributed by atoms with van der Waals surface area (Å²) in [6.07, 6.45) is 0.731. The first-order valence-corrected chi connectivity index (χ1v) is 6.11. The van der Waals surface area contributed by atoms with Gasteiger partial charge in [0.15, 0.2) is 0 Å². The Balaban J connectivity index is 1.96. The molecule has 0 saturated heterocycles. The molecule has 0 spiro atoms. The van der Waals surface area contributed by atoms with Gasteiger partial charge >= 0.3 is 0 Å². The van der Waals surface area contributed by atoms with Crippen molar-refractivity contribution in [3.8, 4) is 5.75 Å². The molecule has 0 aliphatic heterocycles. The molecule has 0 unspecified atom stereocenters. The number of benzene rings is 2. The van der Waals surface area contributed by atoms with E-state index in [-0.39, 0.29) is 5.82 Å². The van der Waals surface area contributed by atoms with Gasteiger partial charge in [-0.3, -0.25) is 0 Å². The second-order valence-electron chi connectivity index (χ2n) is 4.23. The Hall–Kier alpha value is -2.23. The summed E-state index contributed by atoms with van der Waals surface area (Å²) in [4.78, 5) is 0. The van der Waals surface area contributed by atoms with Gasteiger partial charge in [-0.25, -0.2) is 4.39 Å². The molecule has 100 valence electrons. The summed E-state index contributed by atoms with van der Waals surface area (Å²) >= 11 is 0. The van der Waals surface area contributed by atoms with E-state index in [1.54, 1.807) is 13.2 Å². The van der Waals surface area contributed by atoms with Crippen molar-refractivity contribution in [2.45, 2.75) is 6.42 Å². The number of nitrogens with one attached hydrogen (secondary N) is 1. The van der Waals surface area contributed by atoms with Crippen LogP contribution in [0.5, 0.6) is 5.75 Å². The van der Waals surface area contributed by atoms with Crippen molar-refractivity contribution >= 4 is 11.4 Å². The van der Waals surface area contributed by atoms with Gasteiger partial charge in [-0.2, -0.15) is 0 Å². The van der Waals surface area contributed by atoms with Crippen molar-refractivity contribution in [3.05, 3.63) is 53.8 Å². The van der Waals surface area contributed by atoms with Gasteiger partial charge in [-0.1, -0.05) is 18.2 Å². The highest BCUT2D eigenvalue weighted by molar-refractivity contribution is 5.72. The van der Waals surface area contributed by atoms with Crippen LogP contribution in [0.1, 0.15) is 5.56 Å². The Morgan fingerprint density at radius 3 is 2.74 bits per heavy atom. The lowest BCUT2D eigenvalue weighted by atomic mass is 10.1. The monoisotopic (exact) mass is 260 g/mol. The first-order chi connectivity index (χ1) is 9.20. The normalized spacial score (nSPS) is 10.2. The van der Waals surface area contributed by atoms with Crippen LogP contribution in [0.2, 0.25) is 0 Å². The van der Waals surface area contributed by atoms with Crippen LogP contribution in [0.4, 0.5) is 15.8 Å². The number of methoxy groups -OCH3 is 1. The summed E-state index contributed by atoms with van der Waals surface area (Å²) in [6, 6.07) is 12.2. The van der Waals surface area contributed by atoms with Crippen LogP contribution >= 0.6 is 0 Å². The maximum atomic E-state index is 13.0. The zero-order valence-electron chi connectivity index (χ0n) is 10.8. The third kappa shape index (κ3) is 3.37. The van der Waals surface area contributed by atoms with Crippen molar-refractivity contribution in [1.29, 1.82) is 0 Å². The van der Waals surface area contributed by atoms with Crippen LogP contribution in [0.15, 0.2) is 42.5 Å². The minimum absolute atomic E-state index is 0.210. The average molecular weight is 260 g/mol. The van der Waals surface area contributed by atoms with Gasteiger partial charge < -0.3 is 15.8 Å². The van der Waals surface area contributed by atoms with E-state index in [2.05, 4.69) is 5.32 Å². The molecule has 0 aliphatic carbocycles. The zero-order valence-corrected chi connectivity index (χ0v) is 10.8. The Morgan fingerprint density at radius 1 is 1.21 bits per heavy atom. The average Bonchev–Trinajstić information content (AvgIpc) is 2.41. The molecule has 0 aliphatic rings. The number of anilines is 2. The number of halogens is 1. The molecular formula is C15H17FN2O. The second-order valence-corrected chi connectivity index (χ2v) is 4.23. The number of hydrogen-bond acceptors (Lipinski definition) is 3. The van der Waals surface area contributed by atoms with E-state index in [0.717, 1.165) is 17.7 Å². The van der Waals surface area contributed by atoms with Gasteiger partial charge in [0.25, 0.3) is 0 Å². The van der Waals surface area contributed by atoms with Crippen molar-refractivity contribution in [1.82, 2.24) is 0 Å². The minimum atomic E-state index is -0.210. The van der Waals surface area contributed by atoms with Crippen LogP contribution < -0.4 is 15.8 Å². The Kier molecular flexibility index (Phi) is 4.23. The Bertz CT molecular complexity index is 558. The van der Waals surface area contributed by atoms with Crippen LogP contribution in [0.25, 0.3) is 0 Å². The van der Waals surface area contributed by atoms with Crippen LogP contribution in [-0.2, 0) is 6.42 Å². The number of nitrogens with two attached hydrogens (primary N) is 1. The van der Waals surface area contributed by atoms with E-state index in [1.807, 2.05) is 24.3 Å². The molecular weight excluding hydrogens is 243 g/mol. The number of rotatable bonds is 5. The summed E-state index contributed by atoms with van der Waals surface area (Å²) in [6.45, 7) is 0.681. The molecule has 0 atom stereocenters. The van der Waals surface area contributed by atoms with E-state index in [1.165, 1.54) is 12.1 Å². The molecule has 0 amide bonds. The lowest BCUT2D eigenvalue weighted by molar-refractivity contribution is 0.417. The topological polar surface area (TPSA) is 47.3 Å². The first-order valence-electron chi connectivity index (χ1n) is 6.11. The van der Waals surface area contributed by atoms with Gasteiger partial charge in [0, 0.05) is 6.54 Å². The van der Waals surface area contributed by atoms with E-state index >= 15 is 0 Å². The maximum Gasteiger partial charge on any atom is 0.143 e. The fraction of sp³-hybridized carbons (Fsp3) is 0.200. The number of para-hydroxylation sites is 1. The molecule has 2 aromatic rings. The summed E-state index contributed by atoms with van der Waals surface area (Å²) < 4.78 is 18.2. The predicted octanol–water partition coefficient (Wildman–Crippen LogP) is 3.07. The fourth-order valence-corrected chi connectivity index (χ4v) is 1.91. The summed E-state index contributed by atoms with van der Waals surface area (Å²) in [5.74, 6) is 0.439. The van der Waals surface area contributed by atoms with E-state index in [4.69, 9.17) is 10.5 Å². The van der Waals surface area contributed by atoms with E-state index in [0.29, 0.717) is 18.0 Å². The van der Waals surface area contributed by atoms with Crippen LogP contribution in [-0.4, -0.2) is 13.7 Å². The molecule has 0 aromatic heterocycles. The highest BCUT2D eigenvalue weighted by atomic mass is 19.1. The lowest BCUT2D eigenvalue weighted by Gasteiger charge is -2.12. The SMILES string of the molecule is COc1cccc(NCCc2cccc(F)c2)c1N. The fourth-order valence-electron chi connectivity index (χ4n) is 1.91. The molecule has 0 saturated carbocycles. The highest BCUT2D eigenvalue weighted by Gasteiger charge is 2.04. The third-order valence-corrected chi connectivity index (χ3v) is 2.90. The Labute approximate surface area is 112 Å². The number of nitrogen functional groups attached to an aromatic ring is 1. The summed E-state index contributed by atoms with van der Waals surface area (Å²) in [5, 5.41) is 3.23. The predicted molar refractivity (Wildman–Crippen MR) is 76.0 cm³/mol. The van der Waals surface area contributed by atoms with Gasteiger partial charge in [-0.15, -0.1) is 0 Å². The van der Waals surface area contributed by atoms with Crippen molar-refractivity contribution < 1.29 is 9.13 Å². The molecule has 3 nitrogen and oxygen atoms in total. The first kappa shape index (κ1) is 13.2. The third-order valence-electron chi connectivity index (χ3n) is 2.90. The van der Waals surface area contributed by atoms with Gasteiger partial charge in [0.05, 0.1) is 18.5 Å². The largest absolute Gasteiger partial charge is 0.495 e. The standard InChI is InChI=1S/C15H17FN2O/c1-19-14-7-3-6-13(15(14)17)18-9-8-11-4-2-5-12(16)10-11/h2-7,10,18H,8-9,17H2,1H3. The summed E-state index contributed by atoms with van der Waals surface area (Å²) in [7, 11) is 1.59. The zero-order chi connectivity index (χ0) is 13.7. The molecule has 4 heteroatoms. The quantitative estimate of drug-likeness (QED) is 0.812. The van der Waals surface area contributed by atoms with Gasteiger partial charge in [0.2, 0.25) is 0 Å². The maximum absolute atomic E-state index is 13.0. The number of ether oxygens (including phenoxy) is 1. The molecule has 0 radical (unpaired) electrons. The molecule has 0 heterocycles. The van der Waals surface area contributed by atoms with E-state index in [9.17, 15) is 4.39 Å². The minimum Gasteiger partial charge on any atom is -0.495 e. The number of hydrogen-bond donors (Lipinski definition) is 2. The van der Waals surface area contributed by atoms with Crippen molar-refractivity contribution in [3.63, 3.8) is 0 Å². The lowest BCUT2D eigenvalue weighted by Crippen LogP contribution is -2.07. The highest BCUT2D eigenvalue weighted by Crippen LogP contribution is 2.28. The smallest absolute Gasteiger partial charge is 0.143 e. The molecule has 0 fully saturated rings. The van der Waals surface area contributed by atoms with Gasteiger partial charge in [0.1, 0.15) is 11.6 Å². The van der Waals surface area contributed by atoms with Crippen LogP contribution in [0.3, 0.4) is 0 Å². The molecule has 19 heavy (non-hydrogen) atoms. The van der Waals surface area contributed by atoms with E-state index < -0.39 is 0 Å². The van der Waals surface area contributed by atoms with Gasteiger partial charge in [-0.05, 0) is 36.2 Å². The van der Waals surface area contributed by atoms with Crippen molar-refractivity contribution in [2.24, 2.45) is 0 Å². The molecule has 2 rings (SSSR count). The van der Waals surface area contributed by atoms with Crippen molar-refractivity contribution in [2.75, 3.05) is 24.7 Å². The summed E-state index contributed by atoms with van der Waals surface area (Å²) in [5.41, 5.74) is 8.32. The Morgan fingerprint density at radius 2 is 2.00 bits per heavy atom. The molecule has 3 N–H and O–H groups in total. The molecule has 2 aromatic carbocycles.